The summed E-state index contributed by atoms with van der Waals surface area (Å²) >= 11 is 0. The fourth-order valence-electron chi connectivity index (χ4n) is 3.08. The van der Waals surface area contributed by atoms with E-state index < -0.39 is 23.4 Å². The van der Waals surface area contributed by atoms with Gasteiger partial charge in [-0.2, -0.15) is 0 Å². The third-order valence-corrected chi connectivity index (χ3v) is 4.47. The third kappa shape index (κ3) is 7.23. The van der Waals surface area contributed by atoms with Crippen LogP contribution in [-0.2, 0) is 9.47 Å². The molecule has 2 aromatic heterocycles. The highest BCUT2D eigenvalue weighted by molar-refractivity contribution is 5.97. The molecule has 0 aliphatic carbocycles. The molecular formula is C26H31N5O4. The predicted octanol–water partition coefficient (Wildman–Crippen LogP) is 6.27. The molecule has 0 saturated heterocycles. The van der Waals surface area contributed by atoms with Gasteiger partial charge in [-0.3, -0.25) is 10.3 Å². The zero-order chi connectivity index (χ0) is 25.8. The first-order chi connectivity index (χ1) is 16.3. The third-order valence-electron chi connectivity index (χ3n) is 4.47. The Morgan fingerprint density at radius 3 is 2.31 bits per heavy atom. The maximum absolute atomic E-state index is 13.4. The Labute approximate surface area is 205 Å². The van der Waals surface area contributed by atoms with Crippen LogP contribution in [0.5, 0.6) is 0 Å². The molecule has 0 aliphatic heterocycles. The molecule has 0 spiro atoms. The number of amides is 2. The summed E-state index contributed by atoms with van der Waals surface area (Å²) in [6.45, 7) is 12.5. The summed E-state index contributed by atoms with van der Waals surface area (Å²) in [5.41, 5.74) is 1.61. The zero-order valence-electron chi connectivity index (χ0n) is 21.1. The van der Waals surface area contributed by atoms with Crippen LogP contribution in [0.4, 0.5) is 26.9 Å². The molecule has 2 amide bonds. The number of pyridine rings is 1. The number of nitrogens with zero attached hydrogens (tertiary/aromatic N) is 4. The highest BCUT2D eigenvalue weighted by atomic mass is 16.6. The summed E-state index contributed by atoms with van der Waals surface area (Å²) in [5, 5.41) is 2.71. The van der Waals surface area contributed by atoms with Gasteiger partial charge in [0.1, 0.15) is 11.2 Å². The second-order valence-electron chi connectivity index (χ2n) is 9.93. The molecule has 1 aromatic carbocycles. The maximum Gasteiger partial charge on any atom is 0.421 e. The van der Waals surface area contributed by atoms with Gasteiger partial charge in [-0.15, -0.1) is 0 Å². The molecule has 0 atom stereocenters. The summed E-state index contributed by atoms with van der Waals surface area (Å²) in [6, 6.07) is 10.6. The van der Waals surface area contributed by atoms with Crippen molar-refractivity contribution >= 4 is 29.5 Å². The van der Waals surface area contributed by atoms with E-state index in [2.05, 4.69) is 20.3 Å². The van der Waals surface area contributed by atoms with Crippen LogP contribution in [0.25, 0.3) is 11.3 Å². The van der Waals surface area contributed by atoms with E-state index in [9.17, 15) is 9.59 Å². The quantitative estimate of drug-likeness (QED) is 0.470. The monoisotopic (exact) mass is 479 g/mol. The first-order valence-electron chi connectivity index (χ1n) is 11.2. The van der Waals surface area contributed by atoms with Gasteiger partial charge in [-0.05, 0) is 84.4 Å². The molecule has 2 heterocycles. The number of carbonyl (C=O) groups excluding carboxylic acids is 2. The topological polar surface area (TPSA) is 107 Å². The fourth-order valence-corrected chi connectivity index (χ4v) is 3.08. The van der Waals surface area contributed by atoms with E-state index in [0.717, 1.165) is 11.1 Å². The number of anilines is 3. The first-order valence-corrected chi connectivity index (χ1v) is 11.2. The molecule has 0 fully saturated rings. The average molecular weight is 480 g/mol. The number of hydrogen-bond acceptors (Lipinski definition) is 7. The molecular weight excluding hydrogens is 448 g/mol. The van der Waals surface area contributed by atoms with Gasteiger partial charge in [0.15, 0.2) is 0 Å². The van der Waals surface area contributed by atoms with Gasteiger partial charge in [0.25, 0.3) is 0 Å². The van der Waals surface area contributed by atoms with Crippen molar-refractivity contribution in [3.05, 3.63) is 60.6 Å². The molecule has 3 aromatic rings. The molecule has 35 heavy (non-hydrogen) atoms. The number of aryl methyl sites for hydroxylation is 1. The van der Waals surface area contributed by atoms with Crippen LogP contribution < -0.4 is 10.2 Å². The lowest BCUT2D eigenvalue weighted by Gasteiger charge is -2.27. The summed E-state index contributed by atoms with van der Waals surface area (Å²) < 4.78 is 11.0. The largest absolute Gasteiger partial charge is 0.444 e. The van der Waals surface area contributed by atoms with Crippen LogP contribution in [0.2, 0.25) is 0 Å². The van der Waals surface area contributed by atoms with Gasteiger partial charge >= 0.3 is 12.2 Å². The van der Waals surface area contributed by atoms with Crippen molar-refractivity contribution in [3.63, 3.8) is 0 Å². The lowest BCUT2D eigenvalue weighted by Crippen LogP contribution is -2.35. The van der Waals surface area contributed by atoms with Crippen LogP contribution >= 0.6 is 0 Å². The van der Waals surface area contributed by atoms with Gasteiger partial charge in [0.2, 0.25) is 5.95 Å². The van der Waals surface area contributed by atoms with E-state index in [-0.39, 0.29) is 5.95 Å². The van der Waals surface area contributed by atoms with Crippen LogP contribution in [0.3, 0.4) is 0 Å². The Morgan fingerprint density at radius 1 is 0.971 bits per heavy atom. The van der Waals surface area contributed by atoms with Crippen molar-refractivity contribution in [3.8, 4) is 11.3 Å². The Hall–Kier alpha value is -4.01. The number of aromatic nitrogens is 3. The van der Waals surface area contributed by atoms with Crippen molar-refractivity contribution in [2.24, 2.45) is 0 Å². The number of nitrogens with one attached hydrogen (secondary N) is 1. The normalized spacial score (nSPS) is 11.5. The summed E-state index contributed by atoms with van der Waals surface area (Å²) in [6.07, 6.45) is 3.66. The van der Waals surface area contributed by atoms with E-state index in [1.807, 2.05) is 13.0 Å². The van der Waals surface area contributed by atoms with E-state index in [4.69, 9.17) is 9.47 Å². The van der Waals surface area contributed by atoms with Crippen molar-refractivity contribution < 1.29 is 19.1 Å². The zero-order valence-corrected chi connectivity index (χ0v) is 21.1. The highest BCUT2D eigenvalue weighted by Crippen LogP contribution is 2.32. The Kier molecular flexibility index (Phi) is 7.38. The predicted molar refractivity (Wildman–Crippen MR) is 135 cm³/mol. The highest BCUT2D eigenvalue weighted by Gasteiger charge is 2.29. The number of hydrogen-bond donors (Lipinski definition) is 1. The van der Waals surface area contributed by atoms with E-state index in [1.165, 1.54) is 4.90 Å². The summed E-state index contributed by atoms with van der Waals surface area (Å²) in [5.74, 6) is 0.123. The Bertz CT molecular complexity index is 1200. The molecule has 0 bridgehead atoms. The Morgan fingerprint density at radius 2 is 1.69 bits per heavy atom. The fraction of sp³-hybridized carbons (Fsp3) is 0.346. The van der Waals surface area contributed by atoms with Gasteiger partial charge < -0.3 is 9.47 Å². The molecule has 3 rings (SSSR count). The Balaban J connectivity index is 2.06. The van der Waals surface area contributed by atoms with Gasteiger partial charge in [0, 0.05) is 29.8 Å². The summed E-state index contributed by atoms with van der Waals surface area (Å²) in [4.78, 5) is 40.1. The SMILES string of the molecule is Cc1ccc(NC(=O)OC(C)(C)C)cc1N(C(=O)OC(C)(C)C)[14c]1nccc(-c2cccnc2)n1. The van der Waals surface area contributed by atoms with Crippen LogP contribution in [0.15, 0.2) is 55.0 Å². The molecule has 0 saturated carbocycles. The van der Waals surface area contributed by atoms with Crippen molar-refractivity contribution in [1.82, 2.24) is 15.0 Å². The van der Waals surface area contributed by atoms with Crippen LogP contribution in [-0.4, -0.2) is 38.3 Å². The molecule has 0 aliphatic rings. The first kappa shape index (κ1) is 25.6. The molecule has 0 unspecified atom stereocenters. The second kappa shape index (κ2) is 10.1. The molecule has 9 heteroatoms. The molecule has 0 radical (unpaired) electrons. The maximum atomic E-state index is 13.4. The van der Waals surface area contributed by atoms with Gasteiger partial charge in [-0.1, -0.05) is 6.07 Å². The standard InChI is InChI=1S/C26H31N5O4/c1-17-10-11-19(29-23(32)34-25(2,3)4)15-21(17)31(24(33)35-26(5,6)7)22-28-14-12-20(30-22)18-9-8-13-27-16-18/h8-16H,1-7H3,(H,29,32)/i22+2. The average Bonchev–Trinajstić information content (AvgIpc) is 2.74. The smallest absolute Gasteiger partial charge is 0.421 e. The second-order valence-corrected chi connectivity index (χ2v) is 9.93. The number of benzene rings is 1. The van der Waals surface area contributed by atoms with Crippen LogP contribution in [0.1, 0.15) is 47.1 Å². The lowest BCUT2D eigenvalue weighted by atomic mass is 10.1. The van der Waals surface area contributed by atoms with Crippen molar-refractivity contribution in [2.75, 3.05) is 10.2 Å². The number of rotatable bonds is 4. The van der Waals surface area contributed by atoms with Gasteiger partial charge in [-0.25, -0.2) is 24.5 Å². The van der Waals surface area contributed by atoms with Crippen molar-refractivity contribution in [2.45, 2.75) is 59.7 Å². The number of carbonyl (C=O) groups is 2. The molecule has 184 valence electrons. The number of ether oxygens (including phenoxy) is 2. The van der Waals surface area contributed by atoms with Gasteiger partial charge in [0.05, 0.1) is 11.4 Å². The lowest BCUT2D eigenvalue weighted by molar-refractivity contribution is 0.0594. The summed E-state index contributed by atoms with van der Waals surface area (Å²) in [7, 11) is 0. The minimum atomic E-state index is -0.753. The van der Waals surface area contributed by atoms with E-state index in [0.29, 0.717) is 17.1 Å². The van der Waals surface area contributed by atoms with Crippen LogP contribution in [0, 0.1) is 6.92 Å². The molecule has 1 N–H and O–H groups in total. The minimum absolute atomic E-state index is 0.123. The van der Waals surface area contributed by atoms with E-state index >= 15 is 0 Å². The minimum Gasteiger partial charge on any atom is -0.444 e. The molecule has 9 nitrogen and oxygen atoms in total. The van der Waals surface area contributed by atoms with E-state index in [1.54, 1.807) is 90.5 Å². The van der Waals surface area contributed by atoms with Crippen molar-refractivity contribution in [1.29, 1.82) is 0 Å².